The Kier molecular flexibility index (Phi) is 6.13. The minimum Gasteiger partial charge on any atom is -0.383 e. The van der Waals surface area contributed by atoms with Gasteiger partial charge in [-0.1, -0.05) is 18.7 Å². The molecular weight excluding hydrogens is 490 g/mol. The van der Waals surface area contributed by atoms with E-state index in [4.69, 9.17) is 5.73 Å². The van der Waals surface area contributed by atoms with Crippen LogP contribution in [0.25, 0.3) is 22.2 Å². The van der Waals surface area contributed by atoms with E-state index in [0.717, 1.165) is 53.7 Å². The number of nitrogen functional groups attached to an aromatic ring is 1. The average molecular weight is 522 g/mol. The Morgan fingerprint density at radius 3 is 2.46 bits per heavy atom. The SMILES string of the molecule is C=CC(=O)N1CC2CC(n3cc(-c4ccc(C(=O)N(C)c5cc(C)ccn5)cc4)c4c(N)ncnc43)CC2C1. The second kappa shape index (κ2) is 9.65. The first-order valence-electron chi connectivity index (χ1n) is 13.2. The number of carbonyl (C=O) groups excluding carboxylic acids is 2. The van der Waals surface area contributed by atoms with Crippen molar-refractivity contribution in [3.63, 3.8) is 0 Å². The molecule has 2 unspecified atom stereocenters. The van der Waals surface area contributed by atoms with Crippen LogP contribution in [0.4, 0.5) is 11.6 Å². The van der Waals surface area contributed by atoms with Gasteiger partial charge in [-0.2, -0.15) is 0 Å². The van der Waals surface area contributed by atoms with Crippen LogP contribution < -0.4 is 10.6 Å². The van der Waals surface area contributed by atoms with E-state index in [9.17, 15) is 9.59 Å². The summed E-state index contributed by atoms with van der Waals surface area (Å²) < 4.78 is 2.23. The third-order valence-corrected chi connectivity index (χ3v) is 8.24. The number of amides is 2. The van der Waals surface area contributed by atoms with Crippen LogP contribution >= 0.6 is 0 Å². The van der Waals surface area contributed by atoms with Gasteiger partial charge < -0.3 is 15.2 Å². The highest BCUT2D eigenvalue weighted by Crippen LogP contribution is 2.46. The van der Waals surface area contributed by atoms with Crippen LogP contribution in [0.15, 0.2) is 67.8 Å². The number of pyridine rings is 1. The number of fused-ring (bicyclic) bond motifs is 2. The number of rotatable bonds is 5. The predicted molar refractivity (Wildman–Crippen MR) is 151 cm³/mol. The number of carbonyl (C=O) groups is 2. The fraction of sp³-hybridized carbons (Fsp3) is 0.300. The molecule has 0 radical (unpaired) electrons. The van der Waals surface area contributed by atoms with Gasteiger partial charge in [0.15, 0.2) is 0 Å². The number of aryl methyl sites for hydroxylation is 1. The van der Waals surface area contributed by atoms with E-state index in [1.165, 1.54) is 12.4 Å². The zero-order chi connectivity index (χ0) is 27.3. The van der Waals surface area contributed by atoms with Crippen molar-refractivity contribution in [2.75, 3.05) is 30.8 Å². The zero-order valence-corrected chi connectivity index (χ0v) is 22.1. The monoisotopic (exact) mass is 521 g/mol. The normalized spacial score (nSPS) is 20.3. The maximum Gasteiger partial charge on any atom is 0.259 e. The molecule has 198 valence electrons. The summed E-state index contributed by atoms with van der Waals surface area (Å²) in [6.07, 6.45) is 8.69. The van der Waals surface area contributed by atoms with Crippen molar-refractivity contribution in [1.29, 1.82) is 0 Å². The molecule has 2 N–H and O–H groups in total. The average Bonchev–Trinajstić information content (AvgIpc) is 3.64. The number of anilines is 2. The summed E-state index contributed by atoms with van der Waals surface area (Å²) in [5.74, 6) is 1.84. The van der Waals surface area contributed by atoms with Gasteiger partial charge in [0.05, 0.1) is 5.39 Å². The number of hydrogen-bond donors (Lipinski definition) is 1. The Labute approximate surface area is 227 Å². The largest absolute Gasteiger partial charge is 0.383 e. The van der Waals surface area contributed by atoms with Gasteiger partial charge in [-0.3, -0.25) is 14.5 Å². The molecule has 2 fully saturated rings. The van der Waals surface area contributed by atoms with Crippen LogP contribution in [-0.2, 0) is 4.79 Å². The Hall–Kier alpha value is -4.53. The molecule has 4 aromatic rings. The smallest absolute Gasteiger partial charge is 0.259 e. The van der Waals surface area contributed by atoms with E-state index in [1.54, 1.807) is 18.1 Å². The lowest BCUT2D eigenvalue weighted by Gasteiger charge is -2.19. The summed E-state index contributed by atoms with van der Waals surface area (Å²) in [6, 6.07) is 11.6. The van der Waals surface area contributed by atoms with Crippen LogP contribution in [-0.4, -0.2) is 56.4 Å². The maximum absolute atomic E-state index is 13.1. The summed E-state index contributed by atoms with van der Waals surface area (Å²) in [5.41, 5.74) is 10.7. The van der Waals surface area contributed by atoms with Crippen LogP contribution in [0.1, 0.15) is 34.8 Å². The first-order chi connectivity index (χ1) is 18.8. The minimum atomic E-state index is -0.133. The lowest BCUT2D eigenvalue weighted by molar-refractivity contribution is -0.125. The van der Waals surface area contributed by atoms with Gasteiger partial charge in [-0.15, -0.1) is 0 Å². The van der Waals surface area contributed by atoms with Gasteiger partial charge in [-0.25, -0.2) is 15.0 Å². The van der Waals surface area contributed by atoms with Crippen LogP contribution in [0.5, 0.6) is 0 Å². The van der Waals surface area contributed by atoms with Crippen molar-refractivity contribution in [2.24, 2.45) is 11.8 Å². The molecule has 2 atom stereocenters. The molecule has 39 heavy (non-hydrogen) atoms. The highest BCUT2D eigenvalue weighted by Gasteiger charge is 2.43. The summed E-state index contributed by atoms with van der Waals surface area (Å²) in [6.45, 7) is 7.15. The molecule has 2 aliphatic rings. The standard InChI is InChI=1S/C30H31N7O2/c1-4-26(38)36-14-21-12-23(13-22(21)15-36)37-16-24(27-28(31)33-17-34-29(27)37)19-5-7-20(8-6-19)30(39)35(3)25-11-18(2)9-10-32-25/h4-11,16-17,21-23H,1,12-15H2,2-3H3,(H2,31,33,34). The van der Waals surface area contributed by atoms with Crippen molar-refractivity contribution >= 4 is 34.5 Å². The second-order valence-corrected chi connectivity index (χ2v) is 10.6. The van der Waals surface area contributed by atoms with E-state index >= 15 is 0 Å². The summed E-state index contributed by atoms with van der Waals surface area (Å²) in [4.78, 5) is 41.9. The van der Waals surface area contributed by atoms with Gasteiger partial charge in [0.25, 0.3) is 5.91 Å². The van der Waals surface area contributed by atoms with Crippen molar-refractivity contribution in [3.05, 3.63) is 78.9 Å². The molecule has 9 nitrogen and oxygen atoms in total. The van der Waals surface area contributed by atoms with Gasteiger partial charge in [0.1, 0.15) is 23.6 Å². The lowest BCUT2D eigenvalue weighted by atomic mass is 10.0. The molecule has 1 aliphatic heterocycles. The topological polar surface area (TPSA) is 110 Å². The van der Waals surface area contributed by atoms with Crippen LogP contribution in [0.2, 0.25) is 0 Å². The maximum atomic E-state index is 13.1. The van der Waals surface area contributed by atoms with Crippen molar-refractivity contribution < 1.29 is 9.59 Å². The van der Waals surface area contributed by atoms with Gasteiger partial charge in [0, 0.05) is 49.7 Å². The van der Waals surface area contributed by atoms with E-state index in [1.807, 2.05) is 48.2 Å². The molecule has 4 heterocycles. The number of likely N-dealkylation sites (tertiary alicyclic amines) is 1. The summed E-state index contributed by atoms with van der Waals surface area (Å²) in [5, 5.41) is 0.818. The Morgan fingerprint density at radius 1 is 1.08 bits per heavy atom. The molecule has 3 aromatic heterocycles. The predicted octanol–water partition coefficient (Wildman–Crippen LogP) is 4.26. The third-order valence-electron chi connectivity index (χ3n) is 8.24. The summed E-state index contributed by atoms with van der Waals surface area (Å²) in [7, 11) is 1.73. The van der Waals surface area contributed by atoms with Gasteiger partial charge in [0.2, 0.25) is 5.91 Å². The number of hydrogen-bond acceptors (Lipinski definition) is 6. The minimum absolute atomic E-state index is 0.0124. The molecular formula is C30H31N7O2. The van der Waals surface area contributed by atoms with Crippen molar-refractivity contribution in [2.45, 2.75) is 25.8 Å². The van der Waals surface area contributed by atoms with Crippen molar-refractivity contribution in [3.8, 4) is 11.1 Å². The molecule has 2 amide bonds. The number of aromatic nitrogens is 4. The number of benzene rings is 1. The second-order valence-electron chi connectivity index (χ2n) is 10.6. The van der Waals surface area contributed by atoms with Crippen LogP contribution in [0, 0.1) is 18.8 Å². The fourth-order valence-electron chi connectivity index (χ4n) is 6.20. The van der Waals surface area contributed by atoms with Crippen molar-refractivity contribution in [1.82, 2.24) is 24.4 Å². The molecule has 1 saturated carbocycles. The van der Waals surface area contributed by atoms with Crippen LogP contribution in [0.3, 0.4) is 0 Å². The molecule has 1 saturated heterocycles. The molecule has 0 bridgehead atoms. The highest BCUT2D eigenvalue weighted by atomic mass is 16.2. The van der Waals surface area contributed by atoms with Gasteiger partial charge >= 0.3 is 0 Å². The van der Waals surface area contributed by atoms with E-state index in [2.05, 4.69) is 32.3 Å². The molecule has 1 aliphatic carbocycles. The Morgan fingerprint density at radius 2 is 1.79 bits per heavy atom. The van der Waals surface area contributed by atoms with E-state index in [-0.39, 0.29) is 17.9 Å². The fourth-order valence-corrected chi connectivity index (χ4v) is 6.20. The highest BCUT2D eigenvalue weighted by molar-refractivity contribution is 6.06. The zero-order valence-electron chi connectivity index (χ0n) is 22.1. The molecule has 0 spiro atoms. The Balaban J connectivity index is 1.28. The first kappa shape index (κ1) is 24.8. The summed E-state index contributed by atoms with van der Waals surface area (Å²) >= 11 is 0. The third kappa shape index (κ3) is 4.33. The quantitative estimate of drug-likeness (QED) is 0.393. The lowest BCUT2D eigenvalue weighted by Crippen LogP contribution is -2.28. The van der Waals surface area contributed by atoms with E-state index < -0.39 is 0 Å². The Bertz CT molecular complexity index is 1580. The molecule has 1 aromatic carbocycles. The number of nitrogens with two attached hydrogens (primary N) is 1. The molecule has 6 rings (SSSR count). The first-order valence-corrected chi connectivity index (χ1v) is 13.2. The van der Waals surface area contributed by atoms with E-state index in [0.29, 0.717) is 29.0 Å². The number of nitrogens with zero attached hydrogens (tertiary/aromatic N) is 6. The van der Waals surface area contributed by atoms with Gasteiger partial charge in [-0.05, 0) is 73.1 Å². The molecule has 9 heteroatoms.